The van der Waals surface area contributed by atoms with Gasteiger partial charge in [0.15, 0.2) is 0 Å². The molecule has 1 amide bonds. The lowest BCUT2D eigenvalue weighted by atomic mass is 9.90. The highest BCUT2D eigenvalue weighted by Crippen LogP contribution is 2.27. The Morgan fingerprint density at radius 2 is 1.84 bits per heavy atom. The molecular formula is C28H31FN2O. The lowest BCUT2D eigenvalue weighted by molar-refractivity contribution is 0.102. The van der Waals surface area contributed by atoms with Crippen LogP contribution in [0.4, 0.5) is 10.1 Å². The maximum Gasteiger partial charge on any atom is 0.255 e. The molecule has 0 unspecified atom stereocenters. The number of carbonyl (C=O) groups is 1. The quantitative estimate of drug-likeness (QED) is 0.525. The van der Waals surface area contributed by atoms with Gasteiger partial charge in [0, 0.05) is 30.9 Å². The van der Waals surface area contributed by atoms with Crippen molar-refractivity contribution in [3.05, 3.63) is 100 Å². The van der Waals surface area contributed by atoms with Gasteiger partial charge in [-0.15, -0.1) is 0 Å². The van der Waals surface area contributed by atoms with Crippen LogP contribution in [0.15, 0.2) is 66.7 Å². The summed E-state index contributed by atoms with van der Waals surface area (Å²) in [6.07, 6.45) is 1.71. The van der Waals surface area contributed by atoms with Crippen LogP contribution < -0.4 is 5.32 Å². The van der Waals surface area contributed by atoms with E-state index in [1.54, 1.807) is 13.8 Å². The lowest BCUT2D eigenvalue weighted by Gasteiger charge is -2.33. The van der Waals surface area contributed by atoms with Crippen molar-refractivity contribution in [2.45, 2.75) is 45.8 Å². The van der Waals surface area contributed by atoms with Crippen molar-refractivity contribution in [1.82, 2.24) is 4.90 Å². The maximum atomic E-state index is 14.1. The van der Waals surface area contributed by atoms with E-state index < -0.39 is 5.67 Å². The van der Waals surface area contributed by atoms with E-state index >= 15 is 0 Å². The van der Waals surface area contributed by atoms with Gasteiger partial charge in [-0.3, -0.25) is 9.69 Å². The first kappa shape index (κ1) is 22.2. The molecule has 0 atom stereocenters. The molecule has 1 heterocycles. The number of nitrogens with one attached hydrogen (secondary N) is 1. The molecule has 0 fully saturated rings. The number of hydrogen-bond acceptors (Lipinski definition) is 2. The van der Waals surface area contributed by atoms with Crippen molar-refractivity contribution >= 4 is 11.6 Å². The van der Waals surface area contributed by atoms with Gasteiger partial charge in [0.25, 0.3) is 5.91 Å². The van der Waals surface area contributed by atoms with E-state index in [2.05, 4.69) is 34.5 Å². The second kappa shape index (κ2) is 9.25. The number of anilines is 1. The van der Waals surface area contributed by atoms with Crippen molar-refractivity contribution in [2.75, 3.05) is 18.4 Å². The van der Waals surface area contributed by atoms with Gasteiger partial charge in [-0.2, -0.15) is 0 Å². The van der Waals surface area contributed by atoms with Gasteiger partial charge in [0.2, 0.25) is 0 Å². The number of halogens is 1. The summed E-state index contributed by atoms with van der Waals surface area (Å²) >= 11 is 0. The van der Waals surface area contributed by atoms with Crippen LogP contribution >= 0.6 is 0 Å². The van der Waals surface area contributed by atoms with Crippen LogP contribution in [0.2, 0.25) is 0 Å². The summed E-state index contributed by atoms with van der Waals surface area (Å²) in [7, 11) is 0. The summed E-state index contributed by atoms with van der Waals surface area (Å²) in [6, 6.07) is 22.1. The number of amides is 1. The van der Waals surface area contributed by atoms with Crippen molar-refractivity contribution < 1.29 is 9.18 Å². The zero-order chi connectivity index (χ0) is 22.7. The number of alkyl halides is 1. The molecule has 3 aromatic rings. The Hall–Kier alpha value is -2.98. The highest BCUT2D eigenvalue weighted by atomic mass is 19.1. The van der Waals surface area contributed by atoms with Crippen LogP contribution in [0.1, 0.15) is 52.0 Å². The van der Waals surface area contributed by atoms with Crippen LogP contribution in [0.25, 0.3) is 0 Å². The van der Waals surface area contributed by atoms with E-state index in [4.69, 9.17) is 0 Å². The summed E-state index contributed by atoms with van der Waals surface area (Å²) in [5.74, 6) is -0.0879. The van der Waals surface area contributed by atoms with Crippen LogP contribution in [0, 0.1) is 6.92 Å². The molecule has 4 heteroatoms. The van der Waals surface area contributed by atoms with Crippen LogP contribution in [0.3, 0.4) is 0 Å². The largest absolute Gasteiger partial charge is 0.322 e. The third-order valence-corrected chi connectivity index (χ3v) is 6.01. The van der Waals surface area contributed by atoms with Crippen molar-refractivity contribution in [2.24, 2.45) is 0 Å². The van der Waals surface area contributed by atoms with Crippen LogP contribution in [-0.2, 0) is 19.4 Å². The fourth-order valence-electron chi connectivity index (χ4n) is 4.54. The molecule has 3 aromatic carbocycles. The molecule has 0 radical (unpaired) electrons. The van der Waals surface area contributed by atoms with Crippen LogP contribution in [-0.4, -0.2) is 29.6 Å². The first-order valence-corrected chi connectivity index (χ1v) is 11.3. The molecule has 32 heavy (non-hydrogen) atoms. The molecule has 0 spiro atoms. The summed E-state index contributed by atoms with van der Waals surface area (Å²) in [4.78, 5) is 15.1. The number of para-hydroxylation sites is 1. The van der Waals surface area contributed by atoms with E-state index in [9.17, 15) is 9.18 Å². The molecular weight excluding hydrogens is 399 g/mol. The number of hydrogen-bond donors (Lipinski definition) is 1. The standard InChI is InChI=1S/C28H31FN2O/c1-20-12-13-21(17-26(20)27(32)30-24-10-5-4-6-11-24)16-22-8-7-9-23-18-31(15-14-25(22)23)19-28(2,3)29/h4-13,17H,14-16,18-19H2,1-3H3,(H,30,32). The third kappa shape index (κ3) is 5.43. The summed E-state index contributed by atoms with van der Waals surface area (Å²) in [5, 5.41) is 2.99. The molecule has 0 bridgehead atoms. The van der Waals surface area contributed by atoms with Gasteiger partial charge in [-0.25, -0.2) is 4.39 Å². The number of benzene rings is 3. The summed E-state index contributed by atoms with van der Waals surface area (Å²) < 4.78 is 14.1. The minimum absolute atomic E-state index is 0.0879. The number of aryl methyl sites for hydroxylation is 1. The van der Waals surface area contributed by atoms with Gasteiger partial charge >= 0.3 is 0 Å². The van der Waals surface area contributed by atoms with E-state index in [0.717, 1.165) is 42.7 Å². The fraction of sp³-hybridized carbons (Fsp3) is 0.321. The number of nitrogens with zero attached hydrogens (tertiary/aromatic N) is 1. The average Bonchev–Trinajstić information content (AvgIpc) is 2.74. The summed E-state index contributed by atoms with van der Waals surface area (Å²) in [6.45, 7) is 7.36. The summed E-state index contributed by atoms with van der Waals surface area (Å²) in [5.41, 5.74) is 6.33. The zero-order valence-corrected chi connectivity index (χ0v) is 19.1. The lowest BCUT2D eigenvalue weighted by Crippen LogP contribution is -2.39. The average molecular weight is 431 g/mol. The third-order valence-electron chi connectivity index (χ3n) is 6.01. The zero-order valence-electron chi connectivity index (χ0n) is 19.1. The van der Waals surface area contributed by atoms with Gasteiger partial charge < -0.3 is 5.32 Å². The van der Waals surface area contributed by atoms with Gasteiger partial charge in [0.1, 0.15) is 5.67 Å². The Bertz CT molecular complexity index is 1100. The molecule has 3 nitrogen and oxygen atoms in total. The van der Waals surface area contributed by atoms with Gasteiger partial charge in [0.05, 0.1) is 0 Å². The highest BCUT2D eigenvalue weighted by molar-refractivity contribution is 6.05. The SMILES string of the molecule is Cc1ccc(Cc2cccc3c2CCN(CC(C)(C)F)C3)cc1C(=O)Nc1ccccc1. The predicted octanol–water partition coefficient (Wildman–Crippen LogP) is 5.94. The van der Waals surface area contributed by atoms with E-state index in [1.807, 2.05) is 49.4 Å². The number of fused-ring (bicyclic) bond motifs is 1. The van der Waals surface area contributed by atoms with E-state index in [1.165, 1.54) is 16.7 Å². The second-order valence-electron chi connectivity index (χ2n) is 9.38. The normalized spacial score (nSPS) is 14.1. The molecule has 0 aliphatic carbocycles. The molecule has 4 rings (SSSR count). The Morgan fingerprint density at radius 3 is 2.59 bits per heavy atom. The van der Waals surface area contributed by atoms with Crippen molar-refractivity contribution in [3.63, 3.8) is 0 Å². The van der Waals surface area contributed by atoms with E-state index in [0.29, 0.717) is 12.1 Å². The van der Waals surface area contributed by atoms with Gasteiger partial charge in [-0.05, 0) is 79.6 Å². The molecule has 0 aromatic heterocycles. The Kier molecular flexibility index (Phi) is 6.43. The van der Waals surface area contributed by atoms with Crippen molar-refractivity contribution in [3.8, 4) is 0 Å². The minimum Gasteiger partial charge on any atom is -0.322 e. The minimum atomic E-state index is -1.19. The predicted molar refractivity (Wildman–Crippen MR) is 129 cm³/mol. The smallest absolute Gasteiger partial charge is 0.255 e. The van der Waals surface area contributed by atoms with E-state index in [-0.39, 0.29) is 5.91 Å². The van der Waals surface area contributed by atoms with Gasteiger partial charge in [-0.1, -0.05) is 48.5 Å². The molecule has 166 valence electrons. The monoisotopic (exact) mass is 430 g/mol. The maximum absolute atomic E-state index is 14.1. The first-order chi connectivity index (χ1) is 15.3. The molecule has 0 saturated carbocycles. The highest BCUT2D eigenvalue weighted by Gasteiger charge is 2.25. The van der Waals surface area contributed by atoms with Crippen LogP contribution in [0.5, 0.6) is 0 Å². The number of rotatable bonds is 6. The Labute approximate surface area is 190 Å². The number of carbonyl (C=O) groups excluding carboxylic acids is 1. The van der Waals surface area contributed by atoms with Crippen molar-refractivity contribution in [1.29, 1.82) is 0 Å². The molecule has 1 N–H and O–H groups in total. The second-order valence-corrected chi connectivity index (χ2v) is 9.38. The topological polar surface area (TPSA) is 32.3 Å². The molecule has 1 aliphatic heterocycles. The Morgan fingerprint density at radius 1 is 1.06 bits per heavy atom. The molecule has 0 saturated heterocycles. The molecule has 1 aliphatic rings. The Balaban J connectivity index is 1.52. The first-order valence-electron chi connectivity index (χ1n) is 11.3. The fourth-order valence-corrected chi connectivity index (χ4v) is 4.54.